The van der Waals surface area contributed by atoms with E-state index in [0.717, 1.165) is 55.3 Å². The maximum Gasteiger partial charge on any atom is 0.181 e. The zero-order valence-electron chi connectivity index (χ0n) is 52.7. The van der Waals surface area contributed by atoms with E-state index < -0.39 is 0 Å². The minimum Gasteiger partial charge on any atom is -0.485 e. The predicted octanol–water partition coefficient (Wildman–Crippen LogP) is 22.4. The van der Waals surface area contributed by atoms with Crippen LogP contribution in [0, 0.1) is 48.5 Å². The van der Waals surface area contributed by atoms with Crippen LogP contribution in [0.25, 0.3) is 31.6 Å². The van der Waals surface area contributed by atoms with Gasteiger partial charge in [0.1, 0.15) is 26.4 Å². The highest BCUT2D eigenvalue weighted by Gasteiger charge is 2.30. The Balaban J connectivity index is 0.000000143. The Hall–Kier alpha value is -6.98. The van der Waals surface area contributed by atoms with E-state index in [1.165, 1.54) is 128 Å². The monoisotopic (exact) mass is 1190 g/mol. The van der Waals surface area contributed by atoms with Crippen LogP contribution in [0.1, 0.15) is 132 Å². The third kappa shape index (κ3) is 16.9. The number of aryl methyl sites for hydroxylation is 9. The molecule has 1 unspecified atom stereocenters. The molecule has 10 heteroatoms. The summed E-state index contributed by atoms with van der Waals surface area (Å²) in [5.41, 5.74) is 14.3. The lowest BCUT2D eigenvalue weighted by atomic mass is 10.1. The van der Waals surface area contributed by atoms with E-state index in [4.69, 9.17) is 18.9 Å². The van der Waals surface area contributed by atoms with Gasteiger partial charge in [0.25, 0.3) is 0 Å². The summed E-state index contributed by atoms with van der Waals surface area (Å²) in [6, 6.07) is 55.1. The average Bonchev–Trinajstić information content (AvgIpc) is 1.94. The van der Waals surface area contributed by atoms with Gasteiger partial charge < -0.3 is 33.7 Å². The van der Waals surface area contributed by atoms with Gasteiger partial charge in [0.15, 0.2) is 23.0 Å². The lowest BCUT2D eigenvalue weighted by Gasteiger charge is -2.26. The average molecular weight is 1190 g/mol. The number of hydrogen-bond donors (Lipinski definition) is 1. The van der Waals surface area contributed by atoms with Crippen LogP contribution in [0.3, 0.4) is 0 Å². The first-order chi connectivity index (χ1) is 41.3. The minimum absolute atomic E-state index is 0.541. The first-order valence-electron chi connectivity index (χ1n) is 30.9. The number of hydrogen-bond acceptors (Lipinski definition) is 9. The summed E-state index contributed by atoms with van der Waals surface area (Å²) in [5, 5.41) is 5.78. The Bertz CT molecular complexity index is 3470. The quantitative estimate of drug-likeness (QED) is 0.0973. The van der Waals surface area contributed by atoms with Crippen LogP contribution in [0.5, 0.6) is 23.0 Å². The first kappa shape index (κ1) is 64.0. The molecule has 6 aromatic carbocycles. The second-order valence-electron chi connectivity index (χ2n) is 22.3. The van der Waals surface area contributed by atoms with Gasteiger partial charge in [-0.05, 0) is 165 Å². The summed E-state index contributed by atoms with van der Waals surface area (Å²) in [7, 11) is 1.92. The van der Waals surface area contributed by atoms with Crippen molar-refractivity contribution in [3.63, 3.8) is 0 Å². The standard InChI is InChI=1S/C24H27N.C16H17N.C14H14O4S2.C13H22S.C8H11N/c1-4-5-6-21-11-17-24(18-12-21)25(22-13-7-19(2)8-14-22)23-15-9-20(3)10-16-23;1-3-12(2)17-15-10-6-4-8-13(15)14-9-5-7-11-16(14)17;1-7-9-11(17-5-3-15-9)13(19-7)14-12-10(8(2)20-14)16-4-6-18-12;1-4-5-6-7-8-9-13-10-11(2)14-12(13)3;1-7-3-5-8(9-2)6-4-7/h7-18H,4-6H2,1-3H3;4-12H,3H2,1-2H3;3-6H2,1-2H3;10H,4-9H2,1-3H3;3-6,9H,1-2H3. The second kappa shape index (κ2) is 32.0. The number of thiophene rings is 3. The third-order valence-electron chi connectivity index (χ3n) is 15.6. The molecule has 0 bridgehead atoms. The minimum atomic E-state index is 0.541. The number of fused-ring (bicyclic) bond motifs is 5. The highest BCUT2D eigenvalue weighted by molar-refractivity contribution is 7.23. The van der Waals surface area contributed by atoms with Crippen LogP contribution in [0.2, 0.25) is 0 Å². The maximum atomic E-state index is 5.83. The highest BCUT2D eigenvalue weighted by Crippen LogP contribution is 2.57. The molecule has 4 aromatic heterocycles. The molecule has 12 rings (SSSR count). The number of ether oxygens (including phenoxy) is 4. The van der Waals surface area contributed by atoms with Crippen LogP contribution in [0.15, 0.2) is 152 Å². The summed E-state index contributed by atoms with van der Waals surface area (Å²) < 4.78 is 25.6. The zero-order valence-corrected chi connectivity index (χ0v) is 55.1. The van der Waals surface area contributed by atoms with Gasteiger partial charge in [0.2, 0.25) is 0 Å². The molecule has 1 atom stereocenters. The van der Waals surface area contributed by atoms with E-state index in [9.17, 15) is 0 Å². The van der Waals surface area contributed by atoms with E-state index in [1.807, 2.05) is 18.4 Å². The normalized spacial score (nSPS) is 12.4. The highest BCUT2D eigenvalue weighted by atomic mass is 32.1. The summed E-state index contributed by atoms with van der Waals surface area (Å²) in [6.07, 6.45) is 13.0. The van der Waals surface area contributed by atoms with Crippen LogP contribution in [-0.4, -0.2) is 38.0 Å². The third-order valence-corrected chi connectivity index (χ3v) is 18.9. The number of rotatable bonds is 16. The Morgan fingerprint density at radius 1 is 0.471 bits per heavy atom. The van der Waals surface area contributed by atoms with E-state index in [2.05, 4.69) is 243 Å². The Kier molecular flexibility index (Phi) is 24.1. The maximum absolute atomic E-state index is 5.83. The fraction of sp³-hybridized carbons (Fsp3) is 0.360. The Morgan fingerprint density at radius 2 is 0.906 bits per heavy atom. The van der Waals surface area contributed by atoms with Gasteiger partial charge in [0, 0.05) is 77.2 Å². The number of para-hydroxylation sites is 2. The van der Waals surface area contributed by atoms with Gasteiger partial charge >= 0.3 is 0 Å². The number of unbranched alkanes of at least 4 members (excludes halogenated alkanes) is 5. The van der Waals surface area contributed by atoms with Crippen molar-refractivity contribution in [2.24, 2.45) is 0 Å². The number of benzene rings is 6. The number of nitrogens with one attached hydrogen (secondary N) is 1. The van der Waals surface area contributed by atoms with Gasteiger partial charge in [0.05, 0.1) is 9.75 Å². The number of aromatic nitrogens is 1. The van der Waals surface area contributed by atoms with E-state index in [-0.39, 0.29) is 0 Å². The van der Waals surface area contributed by atoms with Crippen molar-refractivity contribution >= 4 is 78.6 Å². The van der Waals surface area contributed by atoms with Crippen molar-refractivity contribution in [1.82, 2.24) is 4.57 Å². The summed E-state index contributed by atoms with van der Waals surface area (Å²) in [6.45, 7) is 26.4. The molecule has 6 heterocycles. The molecule has 0 fully saturated rings. The summed E-state index contributed by atoms with van der Waals surface area (Å²) in [5.74, 6) is 3.48. The predicted molar refractivity (Wildman–Crippen MR) is 370 cm³/mol. The Labute approximate surface area is 520 Å². The van der Waals surface area contributed by atoms with E-state index in [0.29, 0.717) is 32.5 Å². The van der Waals surface area contributed by atoms with Gasteiger partial charge in [-0.2, -0.15) is 0 Å². The Morgan fingerprint density at radius 3 is 1.34 bits per heavy atom. The van der Waals surface area contributed by atoms with Crippen LogP contribution in [-0.2, 0) is 12.8 Å². The molecule has 0 saturated carbocycles. The second-order valence-corrected chi connectivity index (χ2v) is 26.3. The van der Waals surface area contributed by atoms with Crippen molar-refractivity contribution in [3.05, 3.63) is 199 Å². The summed E-state index contributed by atoms with van der Waals surface area (Å²) in [4.78, 5) is 9.79. The lowest BCUT2D eigenvalue weighted by molar-refractivity contribution is 0.171. The van der Waals surface area contributed by atoms with Crippen molar-refractivity contribution < 1.29 is 18.9 Å². The molecule has 0 spiro atoms. The van der Waals surface area contributed by atoms with Crippen molar-refractivity contribution in [2.75, 3.05) is 43.7 Å². The first-order valence-corrected chi connectivity index (χ1v) is 33.4. The molecule has 0 saturated heterocycles. The number of nitrogens with zero attached hydrogens (tertiary/aromatic N) is 2. The van der Waals surface area contributed by atoms with Gasteiger partial charge in [-0.25, -0.2) is 0 Å². The fourth-order valence-corrected chi connectivity index (χ4v) is 13.9. The van der Waals surface area contributed by atoms with Crippen molar-refractivity contribution in [3.8, 4) is 32.8 Å². The van der Waals surface area contributed by atoms with Gasteiger partial charge in [-0.1, -0.05) is 154 Å². The molecule has 85 heavy (non-hydrogen) atoms. The van der Waals surface area contributed by atoms with Crippen LogP contribution in [0.4, 0.5) is 22.7 Å². The zero-order chi connectivity index (χ0) is 60.2. The van der Waals surface area contributed by atoms with Crippen LogP contribution < -0.4 is 29.2 Å². The molecule has 448 valence electrons. The van der Waals surface area contributed by atoms with Crippen molar-refractivity contribution in [2.45, 2.75) is 146 Å². The van der Waals surface area contributed by atoms with E-state index in [1.54, 1.807) is 28.2 Å². The van der Waals surface area contributed by atoms with E-state index >= 15 is 0 Å². The SMILES string of the molecule is CCC(C)n1c2ccccc2c2ccccc21.CCCCCCCc1cc(C)sc1C.CCCCc1ccc(N(c2ccc(C)cc2)c2ccc(C)cc2)cc1.CNc1ccc(C)cc1.Cc1sc(-c2sc(C)c3c2OCCO3)c2c1OCCO2. The molecule has 7 nitrogen and oxygen atoms in total. The molecule has 0 radical (unpaired) electrons. The lowest BCUT2D eigenvalue weighted by Crippen LogP contribution is -2.15. The van der Waals surface area contributed by atoms with Crippen LogP contribution >= 0.6 is 34.0 Å². The largest absolute Gasteiger partial charge is 0.485 e. The fourth-order valence-electron chi connectivity index (χ4n) is 10.7. The molecule has 2 aliphatic rings. The molecule has 0 amide bonds. The van der Waals surface area contributed by atoms with Crippen molar-refractivity contribution in [1.29, 1.82) is 0 Å². The molecule has 0 aliphatic carbocycles. The molecule has 2 aliphatic heterocycles. The topological polar surface area (TPSA) is 57.1 Å². The summed E-state index contributed by atoms with van der Waals surface area (Å²) >= 11 is 5.33. The molecular weight excluding hydrogens is 1100 g/mol. The number of anilines is 4. The van der Waals surface area contributed by atoms with Gasteiger partial charge in [-0.15, -0.1) is 34.0 Å². The molecular formula is C75H91N3O4S3. The molecule has 10 aromatic rings. The van der Waals surface area contributed by atoms with Gasteiger partial charge in [-0.3, -0.25) is 0 Å². The molecule has 1 N–H and O–H groups in total. The smallest absolute Gasteiger partial charge is 0.181 e.